The van der Waals surface area contributed by atoms with E-state index >= 15 is 0 Å². The molecule has 4 nitrogen and oxygen atoms in total. The number of aliphatic hydroxyl groups excluding tert-OH is 1. The lowest BCUT2D eigenvalue weighted by atomic mass is 10.0. The molecule has 1 heterocycles. The van der Waals surface area contributed by atoms with E-state index in [1.165, 1.54) is 4.57 Å². The van der Waals surface area contributed by atoms with Crippen LogP contribution in [-0.2, 0) is 7.05 Å². The second-order valence-electron chi connectivity index (χ2n) is 4.24. The van der Waals surface area contributed by atoms with Gasteiger partial charge in [0, 0.05) is 32.0 Å². The van der Waals surface area contributed by atoms with Gasteiger partial charge in [-0.15, -0.1) is 0 Å². The highest BCUT2D eigenvalue weighted by atomic mass is 16.3. The Hall–Kier alpha value is -1.81. The molecule has 17 heavy (non-hydrogen) atoms. The van der Waals surface area contributed by atoms with Gasteiger partial charge in [0.1, 0.15) is 0 Å². The molecular formula is C13H16N2O2. The summed E-state index contributed by atoms with van der Waals surface area (Å²) in [5, 5.41) is 9.14. The fraction of sp³-hybridized carbons (Fsp3) is 0.308. The van der Waals surface area contributed by atoms with Gasteiger partial charge in [-0.25, -0.2) is 4.79 Å². The summed E-state index contributed by atoms with van der Waals surface area (Å²) < 4.78 is 3.12. The molecule has 4 heteroatoms. The third-order valence-corrected chi connectivity index (χ3v) is 2.94. The van der Waals surface area contributed by atoms with Gasteiger partial charge in [0.15, 0.2) is 0 Å². The first kappa shape index (κ1) is 11.7. The molecule has 0 bridgehead atoms. The molecule has 0 fully saturated rings. The molecule has 0 aliphatic heterocycles. The van der Waals surface area contributed by atoms with Crippen LogP contribution in [0.25, 0.3) is 5.69 Å². The first-order valence-corrected chi connectivity index (χ1v) is 5.58. The SMILES string of the molecule is CC(CO)c1cccc(-n2ccn(C)c2=O)c1. The van der Waals surface area contributed by atoms with Crippen molar-refractivity contribution in [1.82, 2.24) is 9.13 Å². The van der Waals surface area contributed by atoms with Crippen molar-refractivity contribution in [3.8, 4) is 5.69 Å². The van der Waals surface area contributed by atoms with Crippen LogP contribution in [0.4, 0.5) is 0 Å². The first-order valence-electron chi connectivity index (χ1n) is 5.58. The number of hydrogen-bond donors (Lipinski definition) is 1. The molecule has 0 aliphatic rings. The Morgan fingerprint density at radius 1 is 1.35 bits per heavy atom. The molecule has 2 aromatic rings. The molecule has 0 aliphatic carbocycles. The Kier molecular flexibility index (Phi) is 3.15. The normalized spacial score (nSPS) is 12.6. The number of aliphatic hydroxyl groups is 1. The lowest BCUT2D eigenvalue weighted by Gasteiger charge is -2.10. The van der Waals surface area contributed by atoms with Crippen LogP contribution >= 0.6 is 0 Å². The zero-order valence-electron chi connectivity index (χ0n) is 10.00. The molecule has 0 amide bonds. The fourth-order valence-electron chi connectivity index (χ4n) is 1.75. The molecule has 90 valence electrons. The predicted molar refractivity (Wildman–Crippen MR) is 66.5 cm³/mol. The largest absolute Gasteiger partial charge is 0.396 e. The van der Waals surface area contributed by atoms with Crippen LogP contribution in [0.3, 0.4) is 0 Å². The highest BCUT2D eigenvalue weighted by molar-refractivity contribution is 5.37. The van der Waals surface area contributed by atoms with E-state index in [2.05, 4.69) is 0 Å². The Balaban J connectivity index is 2.47. The number of aromatic nitrogens is 2. The van der Waals surface area contributed by atoms with Gasteiger partial charge in [-0.3, -0.25) is 4.57 Å². The lowest BCUT2D eigenvalue weighted by Crippen LogP contribution is -2.20. The maximum absolute atomic E-state index is 11.8. The summed E-state index contributed by atoms with van der Waals surface area (Å²) in [7, 11) is 1.72. The molecule has 1 aromatic heterocycles. The number of hydrogen-bond acceptors (Lipinski definition) is 2. The highest BCUT2D eigenvalue weighted by Crippen LogP contribution is 2.17. The number of benzene rings is 1. The zero-order chi connectivity index (χ0) is 12.4. The van der Waals surface area contributed by atoms with Gasteiger partial charge in [-0.1, -0.05) is 19.1 Å². The maximum atomic E-state index is 11.8. The molecule has 1 unspecified atom stereocenters. The van der Waals surface area contributed by atoms with Crippen molar-refractivity contribution in [2.45, 2.75) is 12.8 Å². The number of nitrogens with zero attached hydrogens (tertiary/aromatic N) is 2. The average Bonchev–Trinajstić information content (AvgIpc) is 2.69. The van der Waals surface area contributed by atoms with Gasteiger partial charge in [-0.05, 0) is 17.7 Å². The lowest BCUT2D eigenvalue weighted by molar-refractivity contribution is 0.273. The summed E-state index contributed by atoms with van der Waals surface area (Å²) in [6.45, 7) is 2.06. The molecule has 0 radical (unpaired) electrons. The third-order valence-electron chi connectivity index (χ3n) is 2.94. The molecule has 2 rings (SSSR count). The minimum absolute atomic E-state index is 0.0706. The van der Waals surface area contributed by atoms with Crippen molar-refractivity contribution >= 4 is 0 Å². The standard InChI is InChI=1S/C13H16N2O2/c1-10(9-16)11-4-3-5-12(8-11)15-7-6-14(2)13(15)17/h3-8,10,16H,9H2,1-2H3. The maximum Gasteiger partial charge on any atom is 0.332 e. The van der Waals surface area contributed by atoms with Crippen LogP contribution < -0.4 is 5.69 Å². The Labute approximate surface area is 99.8 Å². The molecule has 0 spiro atoms. The van der Waals surface area contributed by atoms with Crippen LogP contribution in [0, 0.1) is 0 Å². The van der Waals surface area contributed by atoms with Crippen molar-refractivity contribution in [3.05, 3.63) is 52.7 Å². The quantitative estimate of drug-likeness (QED) is 0.866. The minimum Gasteiger partial charge on any atom is -0.396 e. The van der Waals surface area contributed by atoms with E-state index in [-0.39, 0.29) is 18.2 Å². The summed E-state index contributed by atoms with van der Waals surface area (Å²) in [4.78, 5) is 11.8. The molecule has 1 atom stereocenters. The average molecular weight is 232 g/mol. The number of imidazole rings is 1. The topological polar surface area (TPSA) is 47.2 Å². The Morgan fingerprint density at radius 3 is 2.71 bits per heavy atom. The van der Waals surface area contributed by atoms with Gasteiger partial charge in [0.2, 0.25) is 0 Å². The van der Waals surface area contributed by atoms with Crippen molar-refractivity contribution in [2.24, 2.45) is 7.05 Å². The molecule has 1 aromatic carbocycles. The molecule has 1 N–H and O–H groups in total. The van der Waals surface area contributed by atoms with Crippen LogP contribution in [0.15, 0.2) is 41.5 Å². The van der Waals surface area contributed by atoms with E-state index in [1.807, 2.05) is 31.2 Å². The van der Waals surface area contributed by atoms with Gasteiger partial charge in [-0.2, -0.15) is 0 Å². The summed E-state index contributed by atoms with van der Waals surface area (Å²) in [6.07, 6.45) is 3.47. The second-order valence-corrected chi connectivity index (χ2v) is 4.24. The molecule has 0 saturated carbocycles. The van der Waals surface area contributed by atoms with E-state index in [0.29, 0.717) is 0 Å². The third kappa shape index (κ3) is 2.17. The summed E-state index contributed by atoms with van der Waals surface area (Å²) in [5.74, 6) is 0.0781. The summed E-state index contributed by atoms with van der Waals surface area (Å²) in [5.41, 5.74) is 1.79. The predicted octanol–water partition coefficient (Wildman–Crippen LogP) is 1.27. The van der Waals surface area contributed by atoms with Crippen molar-refractivity contribution in [1.29, 1.82) is 0 Å². The molecule has 0 saturated heterocycles. The van der Waals surface area contributed by atoms with Gasteiger partial charge in [0.05, 0.1) is 5.69 Å². The highest BCUT2D eigenvalue weighted by Gasteiger charge is 2.07. The van der Waals surface area contributed by atoms with Crippen LogP contribution in [-0.4, -0.2) is 20.8 Å². The first-order chi connectivity index (χ1) is 8.13. The zero-order valence-corrected chi connectivity index (χ0v) is 10.00. The van der Waals surface area contributed by atoms with Crippen LogP contribution in [0.2, 0.25) is 0 Å². The number of rotatable bonds is 3. The van der Waals surface area contributed by atoms with Crippen molar-refractivity contribution in [2.75, 3.05) is 6.61 Å². The fourth-order valence-corrected chi connectivity index (χ4v) is 1.75. The van der Waals surface area contributed by atoms with E-state index in [0.717, 1.165) is 11.3 Å². The smallest absolute Gasteiger partial charge is 0.332 e. The molecular weight excluding hydrogens is 216 g/mol. The van der Waals surface area contributed by atoms with Gasteiger partial charge >= 0.3 is 5.69 Å². The van der Waals surface area contributed by atoms with Crippen molar-refractivity contribution < 1.29 is 5.11 Å². The van der Waals surface area contributed by atoms with E-state index in [4.69, 9.17) is 5.11 Å². The Bertz CT molecular complexity index is 569. The van der Waals surface area contributed by atoms with Crippen LogP contribution in [0.1, 0.15) is 18.4 Å². The van der Waals surface area contributed by atoms with E-state index in [1.54, 1.807) is 24.0 Å². The van der Waals surface area contributed by atoms with Gasteiger partial charge < -0.3 is 9.67 Å². The monoisotopic (exact) mass is 232 g/mol. The summed E-state index contributed by atoms with van der Waals surface area (Å²) in [6, 6.07) is 7.67. The summed E-state index contributed by atoms with van der Waals surface area (Å²) >= 11 is 0. The minimum atomic E-state index is -0.0706. The van der Waals surface area contributed by atoms with E-state index < -0.39 is 0 Å². The van der Waals surface area contributed by atoms with Gasteiger partial charge in [0.25, 0.3) is 0 Å². The van der Waals surface area contributed by atoms with E-state index in [9.17, 15) is 4.79 Å². The van der Waals surface area contributed by atoms with Crippen LogP contribution in [0.5, 0.6) is 0 Å². The second kappa shape index (κ2) is 4.59. The number of aryl methyl sites for hydroxylation is 1. The van der Waals surface area contributed by atoms with Crippen molar-refractivity contribution in [3.63, 3.8) is 0 Å². The Morgan fingerprint density at radius 2 is 2.12 bits per heavy atom.